The average Bonchev–Trinajstić information content (AvgIpc) is 2.64. The van der Waals surface area contributed by atoms with Gasteiger partial charge in [-0.1, -0.05) is 19.9 Å². The summed E-state index contributed by atoms with van der Waals surface area (Å²) in [7, 11) is 0. The van der Waals surface area contributed by atoms with Crippen molar-refractivity contribution in [2.75, 3.05) is 11.9 Å². The number of benzene rings is 2. The van der Waals surface area contributed by atoms with Crippen molar-refractivity contribution in [2.45, 2.75) is 39.4 Å². The summed E-state index contributed by atoms with van der Waals surface area (Å²) in [5.74, 6) is -0.626. The Hall–Kier alpha value is -3.04. The van der Waals surface area contributed by atoms with E-state index in [2.05, 4.69) is 10.6 Å². The minimum atomic E-state index is -1.24. The lowest BCUT2D eigenvalue weighted by Crippen LogP contribution is -2.34. The van der Waals surface area contributed by atoms with Crippen LogP contribution in [0.15, 0.2) is 42.5 Å². The summed E-state index contributed by atoms with van der Waals surface area (Å²) in [4.78, 5) is 11.8. The van der Waals surface area contributed by atoms with Crippen LogP contribution in [0.3, 0.4) is 0 Å². The lowest BCUT2D eigenvalue weighted by Gasteiger charge is -2.23. The number of carbonyl (C=O) groups excluding carboxylic acids is 1. The summed E-state index contributed by atoms with van der Waals surface area (Å²) >= 11 is 0. The lowest BCUT2D eigenvalue weighted by atomic mass is 10.0. The molecule has 6 heteroatoms. The van der Waals surface area contributed by atoms with Gasteiger partial charge in [-0.3, -0.25) is 0 Å². The molecule has 0 bridgehead atoms. The Balaban J connectivity index is 2.33. The summed E-state index contributed by atoms with van der Waals surface area (Å²) in [6.45, 7) is 7.05. The molecule has 0 aliphatic carbocycles. The number of nitrogens with zero attached hydrogens (tertiary/aromatic N) is 1. The third kappa shape index (κ3) is 6.01. The number of nitriles is 1. The van der Waals surface area contributed by atoms with Crippen molar-refractivity contribution in [3.05, 3.63) is 59.2 Å². The van der Waals surface area contributed by atoms with Crippen LogP contribution in [0.2, 0.25) is 0 Å². The van der Waals surface area contributed by atoms with Gasteiger partial charge >= 0.3 is 0 Å². The highest BCUT2D eigenvalue weighted by atomic mass is 16.5. The number of carbonyl (C=O) groups is 1. The second-order valence-corrected chi connectivity index (χ2v) is 6.46. The van der Waals surface area contributed by atoms with E-state index in [1.807, 2.05) is 39.0 Å². The highest BCUT2D eigenvalue weighted by Crippen LogP contribution is 2.25. The summed E-state index contributed by atoms with van der Waals surface area (Å²) in [6.07, 6.45) is 0. The second-order valence-electron chi connectivity index (χ2n) is 6.46. The normalized spacial score (nSPS) is 11.7. The number of carboxylic acids is 1. The summed E-state index contributed by atoms with van der Waals surface area (Å²) < 4.78 is 5.60. The summed E-state index contributed by atoms with van der Waals surface area (Å²) in [6, 6.07) is 13.3. The predicted octanol–water partition coefficient (Wildman–Crippen LogP) is 2.36. The molecule has 1 atom stereocenters. The van der Waals surface area contributed by atoms with Gasteiger partial charge in [-0.05, 0) is 54.4 Å². The van der Waals surface area contributed by atoms with Crippen molar-refractivity contribution in [1.82, 2.24) is 5.32 Å². The third-order valence-electron chi connectivity index (χ3n) is 3.91. The van der Waals surface area contributed by atoms with E-state index >= 15 is 0 Å². The molecule has 0 aliphatic heterocycles. The van der Waals surface area contributed by atoms with E-state index in [4.69, 9.17) is 10.00 Å². The molecule has 0 saturated carbocycles. The summed E-state index contributed by atoms with van der Waals surface area (Å²) in [5, 5.41) is 27.0. The molecule has 0 amide bonds. The van der Waals surface area contributed by atoms with Gasteiger partial charge < -0.3 is 25.3 Å². The van der Waals surface area contributed by atoms with Crippen LogP contribution in [-0.2, 0) is 11.3 Å². The van der Waals surface area contributed by atoms with Gasteiger partial charge in [-0.2, -0.15) is 5.26 Å². The van der Waals surface area contributed by atoms with E-state index in [1.54, 1.807) is 30.3 Å². The number of nitrogens with one attached hydrogen (secondary N) is 2. The third-order valence-corrected chi connectivity index (χ3v) is 3.91. The van der Waals surface area contributed by atoms with Crippen molar-refractivity contribution in [3.8, 4) is 11.8 Å². The first kappa shape index (κ1) is 20.3. The highest BCUT2D eigenvalue weighted by molar-refractivity contribution is 5.78. The van der Waals surface area contributed by atoms with Crippen LogP contribution in [-0.4, -0.2) is 18.6 Å². The molecule has 1 unspecified atom stereocenters. The fraction of sp³-hybridized carbons (Fsp3) is 0.333. The number of aliphatic carboxylic acids is 1. The lowest BCUT2D eigenvalue weighted by molar-refractivity contribution is -0.307. The fourth-order valence-electron chi connectivity index (χ4n) is 2.61. The first-order valence-electron chi connectivity index (χ1n) is 8.90. The number of rotatable bonds is 9. The number of ether oxygens (including phenoxy) is 1. The molecule has 0 aliphatic rings. The Kier molecular flexibility index (Phi) is 7.21. The maximum atomic E-state index is 11.8. The summed E-state index contributed by atoms with van der Waals surface area (Å²) in [5.41, 5.74) is 2.57. The monoisotopic (exact) mass is 366 g/mol. The van der Waals surface area contributed by atoms with Crippen molar-refractivity contribution in [3.63, 3.8) is 0 Å². The maximum absolute atomic E-state index is 11.8. The molecular weight excluding hydrogens is 342 g/mol. The molecule has 6 nitrogen and oxygen atoms in total. The topological polar surface area (TPSA) is 97.2 Å². The van der Waals surface area contributed by atoms with E-state index in [9.17, 15) is 9.90 Å². The molecule has 0 aromatic heterocycles. The molecule has 2 aromatic carbocycles. The van der Waals surface area contributed by atoms with Gasteiger partial charge in [0.1, 0.15) is 5.75 Å². The van der Waals surface area contributed by atoms with Crippen LogP contribution in [0, 0.1) is 11.3 Å². The van der Waals surface area contributed by atoms with Crippen molar-refractivity contribution in [2.24, 2.45) is 0 Å². The molecule has 0 fully saturated rings. The minimum Gasteiger partial charge on any atom is -0.548 e. The van der Waals surface area contributed by atoms with Gasteiger partial charge in [0.2, 0.25) is 0 Å². The van der Waals surface area contributed by atoms with Gasteiger partial charge in [0, 0.05) is 18.3 Å². The van der Waals surface area contributed by atoms with Crippen LogP contribution in [0.5, 0.6) is 5.75 Å². The smallest absolute Gasteiger partial charge is 0.119 e. The molecule has 0 spiro atoms. The van der Waals surface area contributed by atoms with Gasteiger partial charge in [0.05, 0.1) is 30.3 Å². The largest absolute Gasteiger partial charge is 0.548 e. The van der Waals surface area contributed by atoms with Crippen molar-refractivity contribution < 1.29 is 14.6 Å². The Morgan fingerprint density at radius 2 is 1.93 bits per heavy atom. The zero-order chi connectivity index (χ0) is 19.8. The molecule has 2 aromatic rings. The van der Waals surface area contributed by atoms with E-state index < -0.39 is 12.0 Å². The number of carboxylic acid groups (broad SMARTS) is 1. The predicted molar refractivity (Wildman–Crippen MR) is 102 cm³/mol. The molecule has 2 rings (SSSR count). The minimum absolute atomic E-state index is 0.304. The van der Waals surface area contributed by atoms with Gasteiger partial charge in [-0.25, -0.2) is 0 Å². The molecular formula is C21H24N3O3-. The Morgan fingerprint density at radius 3 is 2.48 bits per heavy atom. The van der Waals surface area contributed by atoms with E-state index in [0.29, 0.717) is 41.8 Å². The van der Waals surface area contributed by atoms with E-state index in [1.165, 1.54) is 0 Å². The SMILES string of the molecule is CCOc1cc(CNC(C)C)cc(C(Nc2ccc(C#N)cc2)C(=O)[O-])c1. The Bertz CT molecular complexity index is 810. The molecule has 2 N–H and O–H groups in total. The van der Waals surface area contributed by atoms with Crippen LogP contribution >= 0.6 is 0 Å². The van der Waals surface area contributed by atoms with Gasteiger partial charge in [0.15, 0.2) is 0 Å². The Morgan fingerprint density at radius 1 is 1.22 bits per heavy atom. The molecule has 142 valence electrons. The zero-order valence-electron chi connectivity index (χ0n) is 15.8. The van der Waals surface area contributed by atoms with E-state index in [-0.39, 0.29) is 0 Å². The number of hydrogen-bond acceptors (Lipinski definition) is 6. The van der Waals surface area contributed by atoms with Gasteiger partial charge in [0.25, 0.3) is 0 Å². The molecule has 27 heavy (non-hydrogen) atoms. The zero-order valence-corrected chi connectivity index (χ0v) is 15.8. The van der Waals surface area contributed by atoms with Crippen LogP contribution in [0.4, 0.5) is 5.69 Å². The quantitative estimate of drug-likeness (QED) is 0.707. The van der Waals surface area contributed by atoms with Crippen LogP contribution < -0.4 is 20.5 Å². The van der Waals surface area contributed by atoms with E-state index in [0.717, 1.165) is 5.56 Å². The first-order valence-corrected chi connectivity index (χ1v) is 8.90. The number of anilines is 1. The van der Waals surface area contributed by atoms with Crippen molar-refractivity contribution >= 4 is 11.7 Å². The molecule has 0 radical (unpaired) electrons. The highest BCUT2D eigenvalue weighted by Gasteiger charge is 2.15. The van der Waals surface area contributed by atoms with Gasteiger partial charge in [-0.15, -0.1) is 0 Å². The van der Waals surface area contributed by atoms with Crippen molar-refractivity contribution in [1.29, 1.82) is 5.26 Å². The maximum Gasteiger partial charge on any atom is 0.119 e. The Labute approximate surface area is 159 Å². The molecule has 0 saturated heterocycles. The fourth-order valence-corrected chi connectivity index (χ4v) is 2.61. The standard InChI is InChI=1S/C21H25N3O3/c1-4-27-19-10-16(13-23-14(2)3)9-17(11-19)20(21(25)26)24-18-7-5-15(12-22)6-8-18/h5-11,14,20,23-24H,4,13H2,1-3H3,(H,25,26)/p-1. The number of hydrogen-bond donors (Lipinski definition) is 2. The average molecular weight is 366 g/mol. The van der Waals surface area contributed by atoms with Crippen LogP contribution in [0.1, 0.15) is 43.5 Å². The first-order chi connectivity index (χ1) is 12.9. The molecule has 0 heterocycles. The second kappa shape index (κ2) is 9.60. The van der Waals surface area contributed by atoms with Crippen LogP contribution in [0.25, 0.3) is 0 Å².